The molecule has 3 aliphatic carbocycles. The summed E-state index contributed by atoms with van der Waals surface area (Å²) in [5, 5.41) is 10.8. The number of rotatable bonds is 2. The summed E-state index contributed by atoms with van der Waals surface area (Å²) < 4.78 is 39.1. The van der Waals surface area contributed by atoms with Crippen molar-refractivity contribution in [3.8, 4) is 0 Å². The molecule has 3 saturated carbocycles. The van der Waals surface area contributed by atoms with Crippen molar-refractivity contribution in [3.05, 3.63) is 47.5 Å². The van der Waals surface area contributed by atoms with Crippen LogP contribution in [0.4, 0.5) is 13.2 Å². The molecule has 6 heteroatoms. The molecular formula is C27H34F3NO2. The summed E-state index contributed by atoms with van der Waals surface area (Å²) in [6, 6.07) is 5.55. The van der Waals surface area contributed by atoms with Gasteiger partial charge in [-0.3, -0.25) is 4.79 Å². The second kappa shape index (κ2) is 7.59. The van der Waals surface area contributed by atoms with Gasteiger partial charge in [0.15, 0.2) is 0 Å². The average Bonchev–Trinajstić information content (AvgIpc) is 3.06. The molecule has 4 aliphatic rings. The van der Waals surface area contributed by atoms with Gasteiger partial charge in [0.25, 0.3) is 0 Å². The van der Waals surface area contributed by atoms with Crippen LogP contribution in [0.2, 0.25) is 0 Å². The van der Waals surface area contributed by atoms with Crippen LogP contribution in [0, 0.1) is 34.5 Å². The second-order valence-electron chi connectivity index (χ2n) is 11.5. The van der Waals surface area contributed by atoms with Gasteiger partial charge < -0.3 is 10.0 Å². The number of carbonyl (C=O) groups excluding carboxylic acids is 1. The van der Waals surface area contributed by atoms with E-state index in [0.29, 0.717) is 24.2 Å². The SMILES string of the molecule is CN1C(=O)C=C[C@@]2(C)C1C(Cc1ccc(C(F)(F)F)cc1)C[C@@H]1[C@H]2CC[C@]2(C)C(O)CC[C@@H]12. The van der Waals surface area contributed by atoms with Crippen LogP contribution in [0.15, 0.2) is 36.4 Å². The number of carbonyl (C=O) groups is 1. The summed E-state index contributed by atoms with van der Waals surface area (Å²) in [5.41, 5.74) is 0.0327. The predicted molar refractivity (Wildman–Crippen MR) is 120 cm³/mol. The van der Waals surface area contributed by atoms with E-state index in [1.807, 2.05) is 11.9 Å². The molecule has 0 spiro atoms. The molecule has 8 atom stereocenters. The molecule has 0 saturated heterocycles. The zero-order chi connectivity index (χ0) is 23.8. The fraction of sp³-hybridized carbons (Fsp3) is 0.667. The number of fused-ring (bicyclic) bond motifs is 5. The number of halogens is 3. The Bertz CT molecular complexity index is 957. The Kier molecular flexibility index (Phi) is 5.28. The maximum atomic E-state index is 13.0. The Morgan fingerprint density at radius 1 is 1.09 bits per heavy atom. The lowest BCUT2D eigenvalue weighted by Gasteiger charge is -2.62. The van der Waals surface area contributed by atoms with E-state index < -0.39 is 11.7 Å². The van der Waals surface area contributed by atoms with Crippen LogP contribution >= 0.6 is 0 Å². The number of amides is 1. The van der Waals surface area contributed by atoms with E-state index in [-0.39, 0.29) is 34.8 Å². The molecule has 0 radical (unpaired) electrons. The van der Waals surface area contributed by atoms with Crippen LogP contribution in [0.25, 0.3) is 0 Å². The summed E-state index contributed by atoms with van der Waals surface area (Å²) in [4.78, 5) is 14.5. The number of aliphatic hydroxyl groups excluding tert-OH is 1. The molecule has 3 nitrogen and oxygen atoms in total. The van der Waals surface area contributed by atoms with Crippen molar-refractivity contribution in [1.29, 1.82) is 0 Å². The van der Waals surface area contributed by atoms with Crippen molar-refractivity contribution in [2.24, 2.45) is 34.5 Å². The van der Waals surface area contributed by atoms with E-state index in [0.717, 1.165) is 37.7 Å². The summed E-state index contributed by atoms with van der Waals surface area (Å²) in [5.74, 6) is 1.52. The lowest BCUT2D eigenvalue weighted by atomic mass is 9.46. The molecule has 5 rings (SSSR count). The van der Waals surface area contributed by atoms with Gasteiger partial charge in [0.2, 0.25) is 5.91 Å². The largest absolute Gasteiger partial charge is 0.416 e. The van der Waals surface area contributed by atoms with Gasteiger partial charge >= 0.3 is 6.18 Å². The van der Waals surface area contributed by atoms with Gasteiger partial charge in [-0.05, 0) is 91.4 Å². The highest BCUT2D eigenvalue weighted by atomic mass is 19.4. The monoisotopic (exact) mass is 461 g/mol. The molecule has 1 aromatic carbocycles. The van der Waals surface area contributed by atoms with E-state index in [1.54, 1.807) is 18.2 Å². The van der Waals surface area contributed by atoms with E-state index in [4.69, 9.17) is 0 Å². The number of alkyl halides is 3. The van der Waals surface area contributed by atoms with E-state index >= 15 is 0 Å². The first kappa shape index (κ1) is 22.9. The van der Waals surface area contributed by atoms with Gasteiger partial charge in [0.05, 0.1) is 11.7 Å². The van der Waals surface area contributed by atoms with E-state index in [9.17, 15) is 23.1 Å². The van der Waals surface area contributed by atoms with Crippen LogP contribution < -0.4 is 0 Å². The van der Waals surface area contributed by atoms with Gasteiger partial charge in [-0.1, -0.05) is 32.1 Å². The summed E-state index contributed by atoms with van der Waals surface area (Å²) in [6.07, 6.45) is 4.78. The van der Waals surface area contributed by atoms with Gasteiger partial charge in [0.1, 0.15) is 0 Å². The Morgan fingerprint density at radius 3 is 2.45 bits per heavy atom. The third kappa shape index (κ3) is 3.46. The Morgan fingerprint density at radius 2 is 1.79 bits per heavy atom. The zero-order valence-corrected chi connectivity index (χ0v) is 19.6. The van der Waals surface area contributed by atoms with Crippen molar-refractivity contribution in [2.45, 2.75) is 70.7 Å². The molecule has 1 aromatic rings. The van der Waals surface area contributed by atoms with Crippen molar-refractivity contribution < 1.29 is 23.1 Å². The normalized spacial score (nSPS) is 42.6. The topological polar surface area (TPSA) is 40.5 Å². The van der Waals surface area contributed by atoms with Crippen LogP contribution in [-0.4, -0.2) is 35.1 Å². The average molecular weight is 462 g/mol. The number of nitrogens with zero attached hydrogens (tertiary/aromatic N) is 1. The van der Waals surface area contributed by atoms with E-state index in [2.05, 4.69) is 19.9 Å². The summed E-state index contributed by atoms with van der Waals surface area (Å²) in [6.45, 7) is 4.53. The molecule has 0 bridgehead atoms. The number of hydrogen-bond acceptors (Lipinski definition) is 2. The first-order valence-corrected chi connectivity index (χ1v) is 12.3. The Hall–Kier alpha value is -1.82. The minimum Gasteiger partial charge on any atom is -0.393 e. The maximum absolute atomic E-state index is 13.0. The Balaban J connectivity index is 1.50. The summed E-state index contributed by atoms with van der Waals surface area (Å²) >= 11 is 0. The van der Waals surface area contributed by atoms with Gasteiger partial charge in [-0.15, -0.1) is 0 Å². The Labute approximate surface area is 194 Å². The number of likely N-dealkylation sites (N-methyl/N-ethyl adjacent to an activating group) is 1. The fourth-order valence-electron chi connectivity index (χ4n) is 8.36. The number of hydrogen-bond donors (Lipinski definition) is 1. The standard InChI is InChI=1S/C27H34F3NO2/c1-25-12-10-21-19(20(25)8-9-22(25)32)15-17(24-26(21,2)13-11-23(33)31(24)3)14-16-4-6-18(7-5-16)27(28,29)30/h4-7,11,13,17,19-22,24,32H,8-10,12,14-15H2,1-3H3/t17?,19-,20-,21+,22?,24?,25-,26+/m0/s1. The molecule has 180 valence electrons. The molecule has 1 N–H and O–H groups in total. The molecule has 3 unspecified atom stereocenters. The summed E-state index contributed by atoms with van der Waals surface area (Å²) in [7, 11) is 1.88. The molecule has 33 heavy (non-hydrogen) atoms. The zero-order valence-electron chi connectivity index (χ0n) is 19.6. The van der Waals surface area contributed by atoms with Gasteiger partial charge in [-0.25, -0.2) is 0 Å². The minimum absolute atomic E-state index is 0.00489. The first-order chi connectivity index (χ1) is 15.4. The highest BCUT2D eigenvalue weighted by Gasteiger charge is 2.62. The third-order valence-electron chi connectivity index (χ3n) is 9.97. The van der Waals surface area contributed by atoms with Gasteiger partial charge in [-0.2, -0.15) is 13.2 Å². The molecule has 1 heterocycles. The van der Waals surface area contributed by atoms with Crippen LogP contribution in [0.3, 0.4) is 0 Å². The minimum atomic E-state index is -4.34. The van der Waals surface area contributed by atoms with Gasteiger partial charge in [0, 0.05) is 18.5 Å². The molecule has 1 aliphatic heterocycles. The van der Waals surface area contributed by atoms with E-state index in [1.165, 1.54) is 12.1 Å². The lowest BCUT2D eigenvalue weighted by molar-refractivity contribution is -0.148. The maximum Gasteiger partial charge on any atom is 0.416 e. The fourth-order valence-corrected chi connectivity index (χ4v) is 8.36. The van der Waals surface area contributed by atoms with Crippen LogP contribution in [-0.2, 0) is 17.4 Å². The van der Waals surface area contributed by atoms with Crippen LogP contribution in [0.1, 0.15) is 57.1 Å². The third-order valence-corrected chi connectivity index (χ3v) is 9.97. The highest BCUT2D eigenvalue weighted by Crippen LogP contribution is 2.65. The highest BCUT2D eigenvalue weighted by molar-refractivity contribution is 5.89. The number of benzene rings is 1. The molecule has 3 fully saturated rings. The number of aliphatic hydroxyl groups is 1. The van der Waals surface area contributed by atoms with Crippen molar-refractivity contribution in [3.63, 3.8) is 0 Å². The smallest absolute Gasteiger partial charge is 0.393 e. The van der Waals surface area contributed by atoms with Crippen LogP contribution in [0.5, 0.6) is 0 Å². The molecular weight excluding hydrogens is 427 g/mol. The van der Waals surface area contributed by atoms with Crippen molar-refractivity contribution >= 4 is 5.91 Å². The van der Waals surface area contributed by atoms with Crippen molar-refractivity contribution in [2.75, 3.05) is 7.05 Å². The lowest BCUT2D eigenvalue weighted by Crippen LogP contribution is -2.63. The second-order valence-corrected chi connectivity index (χ2v) is 11.5. The molecule has 1 amide bonds. The first-order valence-electron chi connectivity index (χ1n) is 12.3. The quantitative estimate of drug-likeness (QED) is 0.634. The van der Waals surface area contributed by atoms with Crippen molar-refractivity contribution in [1.82, 2.24) is 4.90 Å². The molecule has 0 aromatic heterocycles. The predicted octanol–water partition coefficient (Wildman–Crippen LogP) is 5.47.